The summed E-state index contributed by atoms with van der Waals surface area (Å²) in [6, 6.07) is 12.3. The van der Waals surface area contributed by atoms with Gasteiger partial charge in [-0.05, 0) is 37.5 Å². The molecule has 0 bridgehead atoms. The highest BCUT2D eigenvalue weighted by atomic mass is 127. The van der Waals surface area contributed by atoms with Gasteiger partial charge in [-0.1, -0.05) is 30.3 Å². The van der Waals surface area contributed by atoms with Crippen LogP contribution in [-0.2, 0) is 13.0 Å². The van der Waals surface area contributed by atoms with Crippen LogP contribution in [0, 0.1) is 6.92 Å². The largest absolute Gasteiger partial charge is 0.493 e. The quantitative estimate of drug-likeness (QED) is 0.300. The van der Waals surface area contributed by atoms with Gasteiger partial charge in [0.1, 0.15) is 0 Å². The van der Waals surface area contributed by atoms with Crippen LogP contribution in [0.25, 0.3) is 0 Å². The summed E-state index contributed by atoms with van der Waals surface area (Å²) in [6.45, 7) is 6.46. The van der Waals surface area contributed by atoms with E-state index < -0.39 is 0 Å². The Morgan fingerprint density at radius 1 is 0.967 bits per heavy atom. The average molecular weight is 527 g/mol. The van der Waals surface area contributed by atoms with Crippen LogP contribution in [0.1, 0.15) is 23.6 Å². The molecule has 0 heterocycles. The van der Waals surface area contributed by atoms with Crippen LogP contribution in [0.5, 0.6) is 17.2 Å². The minimum Gasteiger partial charge on any atom is -0.493 e. The summed E-state index contributed by atoms with van der Waals surface area (Å²) in [7, 11) is 6.94. The highest BCUT2D eigenvalue weighted by molar-refractivity contribution is 14.0. The molecular weight excluding hydrogens is 493 g/mol. The first-order valence-corrected chi connectivity index (χ1v) is 9.87. The number of halogens is 1. The second-order valence-electron chi connectivity index (χ2n) is 6.76. The van der Waals surface area contributed by atoms with E-state index in [1.54, 1.807) is 21.3 Å². The molecular formula is C23H34IN3O3. The molecule has 0 unspecified atom stereocenters. The Kier molecular flexibility index (Phi) is 11.4. The van der Waals surface area contributed by atoms with E-state index in [9.17, 15) is 0 Å². The van der Waals surface area contributed by atoms with Gasteiger partial charge in [0.15, 0.2) is 17.5 Å². The molecule has 0 aromatic heterocycles. The van der Waals surface area contributed by atoms with Gasteiger partial charge in [-0.25, -0.2) is 0 Å². The van der Waals surface area contributed by atoms with Crippen molar-refractivity contribution in [3.8, 4) is 17.2 Å². The zero-order valence-corrected chi connectivity index (χ0v) is 21.2. The normalized spacial score (nSPS) is 10.8. The maximum atomic E-state index is 5.58. The lowest BCUT2D eigenvalue weighted by molar-refractivity contribution is 0.322. The minimum atomic E-state index is 0. The lowest BCUT2D eigenvalue weighted by Crippen LogP contribution is -2.38. The molecule has 0 amide bonds. The van der Waals surface area contributed by atoms with E-state index in [-0.39, 0.29) is 24.0 Å². The molecule has 166 valence electrons. The Hall–Kier alpha value is -2.16. The van der Waals surface area contributed by atoms with Crippen molar-refractivity contribution < 1.29 is 14.2 Å². The number of hydrogen-bond acceptors (Lipinski definition) is 4. The number of hydrogen-bond donors (Lipinski definition) is 1. The first-order valence-electron chi connectivity index (χ1n) is 9.87. The van der Waals surface area contributed by atoms with E-state index in [0.717, 1.165) is 31.0 Å². The van der Waals surface area contributed by atoms with Crippen molar-refractivity contribution in [1.82, 2.24) is 10.2 Å². The molecule has 1 N–H and O–H groups in total. The molecule has 0 saturated heterocycles. The molecule has 0 aliphatic heterocycles. The maximum Gasteiger partial charge on any atom is 0.203 e. The van der Waals surface area contributed by atoms with Crippen molar-refractivity contribution in [2.45, 2.75) is 26.8 Å². The van der Waals surface area contributed by atoms with Crippen LogP contribution in [-0.4, -0.2) is 52.3 Å². The number of benzene rings is 2. The highest BCUT2D eigenvalue weighted by Gasteiger charge is 2.15. The lowest BCUT2D eigenvalue weighted by Gasteiger charge is -2.23. The first-order chi connectivity index (χ1) is 14.0. The highest BCUT2D eigenvalue weighted by Crippen LogP contribution is 2.39. The number of nitrogens with zero attached hydrogens (tertiary/aromatic N) is 2. The van der Waals surface area contributed by atoms with Crippen molar-refractivity contribution in [2.75, 3.05) is 41.5 Å². The van der Waals surface area contributed by atoms with Crippen molar-refractivity contribution in [2.24, 2.45) is 4.99 Å². The number of aryl methyl sites for hydroxylation is 1. The van der Waals surface area contributed by atoms with E-state index in [0.29, 0.717) is 23.8 Å². The second kappa shape index (κ2) is 13.2. The van der Waals surface area contributed by atoms with Crippen molar-refractivity contribution in [3.05, 3.63) is 53.1 Å². The average Bonchev–Trinajstić information content (AvgIpc) is 2.73. The van der Waals surface area contributed by atoms with E-state index >= 15 is 0 Å². The molecule has 0 saturated carbocycles. The molecule has 0 radical (unpaired) electrons. The molecule has 0 fully saturated rings. The van der Waals surface area contributed by atoms with Gasteiger partial charge in [0, 0.05) is 32.2 Å². The zero-order valence-electron chi connectivity index (χ0n) is 18.8. The van der Waals surface area contributed by atoms with E-state index in [1.807, 2.05) is 12.1 Å². The second-order valence-corrected chi connectivity index (χ2v) is 6.76. The standard InChI is InChI=1S/C23H33N3O3.HI/c1-7-24-23(26(3)16-19-11-9-8-10-17(19)2)25-15-14-18-12-13-20(27-4)22(29-6)21(18)28-5;/h8-13H,7,14-16H2,1-6H3,(H,24,25);1H. The summed E-state index contributed by atoms with van der Waals surface area (Å²) in [6.07, 6.45) is 0.733. The maximum absolute atomic E-state index is 5.58. The first kappa shape index (κ1) is 25.9. The third kappa shape index (κ3) is 6.68. The van der Waals surface area contributed by atoms with Crippen molar-refractivity contribution in [1.29, 1.82) is 0 Å². The fourth-order valence-corrected chi connectivity index (χ4v) is 3.23. The van der Waals surface area contributed by atoms with Crippen LogP contribution in [0.4, 0.5) is 0 Å². The van der Waals surface area contributed by atoms with E-state index in [1.165, 1.54) is 11.1 Å². The molecule has 2 rings (SSSR count). The zero-order chi connectivity index (χ0) is 21.2. The van der Waals surface area contributed by atoms with Crippen LogP contribution in [0.15, 0.2) is 41.4 Å². The van der Waals surface area contributed by atoms with Gasteiger partial charge < -0.3 is 24.4 Å². The van der Waals surface area contributed by atoms with Gasteiger partial charge in [-0.15, -0.1) is 24.0 Å². The topological polar surface area (TPSA) is 55.3 Å². The molecule has 30 heavy (non-hydrogen) atoms. The molecule has 2 aromatic carbocycles. The fraction of sp³-hybridized carbons (Fsp3) is 0.435. The summed E-state index contributed by atoms with van der Waals surface area (Å²) in [5.74, 6) is 2.85. The summed E-state index contributed by atoms with van der Waals surface area (Å²) in [5, 5.41) is 3.38. The number of nitrogens with one attached hydrogen (secondary N) is 1. The summed E-state index contributed by atoms with van der Waals surface area (Å²) in [5.41, 5.74) is 3.61. The van der Waals surface area contributed by atoms with Gasteiger partial charge >= 0.3 is 0 Å². The summed E-state index contributed by atoms with van der Waals surface area (Å²) < 4.78 is 16.4. The SMILES string of the molecule is CCNC(=NCCc1ccc(OC)c(OC)c1OC)N(C)Cc1ccccc1C.I. The molecule has 0 aliphatic carbocycles. The molecule has 0 spiro atoms. The molecule has 0 aliphatic rings. The van der Waals surface area contributed by atoms with Gasteiger partial charge in [-0.3, -0.25) is 4.99 Å². The Bertz CT molecular complexity index is 827. The Balaban J connectivity index is 0.00000450. The summed E-state index contributed by atoms with van der Waals surface area (Å²) in [4.78, 5) is 6.96. The number of methoxy groups -OCH3 is 3. The Morgan fingerprint density at radius 3 is 2.27 bits per heavy atom. The van der Waals surface area contributed by atoms with Crippen LogP contribution in [0.2, 0.25) is 0 Å². The smallest absolute Gasteiger partial charge is 0.203 e. The molecule has 7 heteroatoms. The van der Waals surface area contributed by atoms with Gasteiger partial charge in [-0.2, -0.15) is 0 Å². The number of guanidine groups is 1. The van der Waals surface area contributed by atoms with Crippen molar-refractivity contribution in [3.63, 3.8) is 0 Å². The lowest BCUT2D eigenvalue weighted by atomic mass is 10.1. The molecule has 0 atom stereocenters. The predicted molar refractivity (Wildman–Crippen MR) is 134 cm³/mol. The predicted octanol–water partition coefficient (Wildman–Crippen LogP) is 4.28. The number of aliphatic imine (C=N–C) groups is 1. The van der Waals surface area contributed by atoms with E-state index in [2.05, 4.69) is 55.4 Å². The van der Waals surface area contributed by atoms with Crippen molar-refractivity contribution >= 4 is 29.9 Å². The monoisotopic (exact) mass is 527 g/mol. The minimum absolute atomic E-state index is 0. The van der Waals surface area contributed by atoms with Gasteiger partial charge in [0.2, 0.25) is 5.75 Å². The number of rotatable bonds is 9. The summed E-state index contributed by atoms with van der Waals surface area (Å²) >= 11 is 0. The number of ether oxygens (including phenoxy) is 3. The Labute approximate surface area is 197 Å². The van der Waals surface area contributed by atoms with Crippen LogP contribution in [0.3, 0.4) is 0 Å². The van der Waals surface area contributed by atoms with Crippen LogP contribution >= 0.6 is 24.0 Å². The molecule has 2 aromatic rings. The molecule has 6 nitrogen and oxygen atoms in total. The third-order valence-electron chi connectivity index (χ3n) is 4.79. The van der Waals surface area contributed by atoms with Crippen LogP contribution < -0.4 is 19.5 Å². The third-order valence-corrected chi connectivity index (χ3v) is 4.79. The van der Waals surface area contributed by atoms with E-state index in [4.69, 9.17) is 19.2 Å². The fourth-order valence-electron chi connectivity index (χ4n) is 3.23. The Morgan fingerprint density at radius 2 is 1.67 bits per heavy atom. The van der Waals surface area contributed by atoms with Gasteiger partial charge in [0.25, 0.3) is 0 Å². The van der Waals surface area contributed by atoms with Gasteiger partial charge in [0.05, 0.1) is 21.3 Å².